The Morgan fingerprint density at radius 1 is 1.30 bits per heavy atom. The molecule has 10 heavy (non-hydrogen) atoms. The number of benzene rings is 1. The van der Waals surface area contributed by atoms with Crippen molar-refractivity contribution in [2.75, 3.05) is 0 Å². The minimum absolute atomic E-state index is 0.775. The van der Waals surface area contributed by atoms with Gasteiger partial charge in [-0.2, -0.15) is 0 Å². The van der Waals surface area contributed by atoms with Crippen molar-refractivity contribution in [2.24, 2.45) is 0 Å². The van der Waals surface area contributed by atoms with Gasteiger partial charge in [-0.1, -0.05) is 36.4 Å². The Morgan fingerprint density at radius 2 is 1.90 bits per heavy atom. The summed E-state index contributed by atoms with van der Waals surface area (Å²) in [6, 6.07) is 9.20. The molecule has 0 aliphatic heterocycles. The van der Waals surface area contributed by atoms with Crippen LogP contribution in [0.1, 0.15) is 11.7 Å². The molecule has 1 aromatic rings. The van der Waals surface area contributed by atoms with Crippen LogP contribution in [0.25, 0.3) is 0 Å². The first-order chi connectivity index (χ1) is 4.84. The average molecular weight is 133 g/mol. The van der Waals surface area contributed by atoms with Crippen molar-refractivity contribution in [3.8, 4) is 0 Å². The van der Waals surface area contributed by atoms with E-state index in [4.69, 9.17) is 0 Å². The summed E-state index contributed by atoms with van der Waals surface area (Å²) >= 11 is 0. The summed E-state index contributed by atoms with van der Waals surface area (Å²) in [4.78, 5) is 0. The lowest BCUT2D eigenvalue weighted by atomic mass is 10.1. The van der Waals surface area contributed by atoms with Crippen molar-refractivity contribution in [3.05, 3.63) is 48.6 Å². The molecule has 0 unspecified atom stereocenters. The molecule has 0 N–H and O–H groups in total. The average Bonchev–Trinajstić information content (AvgIpc) is 2.05. The normalized spacial score (nSPS) is 12.5. The zero-order valence-electron chi connectivity index (χ0n) is 5.66. The van der Waals surface area contributed by atoms with Crippen LogP contribution in [-0.4, -0.2) is 0 Å². The first-order valence-electron chi connectivity index (χ1n) is 3.18. The van der Waals surface area contributed by atoms with E-state index in [-0.39, 0.29) is 0 Å². The van der Waals surface area contributed by atoms with Gasteiger partial charge in [0.1, 0.15) is 6.10 Å². The van der Waals surface area contributed by atoms with Crippen molar-refractivity contribution >= 4 is 0 Å². The summed E-state index contributed by atoms with van der Waals surface area (Å²) in [7, 11) is 0. The van der Waals surface area contributed by atoms with Gasteiger partial charge < -0.3 is 0 Å². The molecule has 0 aliphatic rings. The zero-order valence-corrected chi connectivity index (χ0v) is 5.66. The number of hydrogen-bond acceptors (Lipinski definition) is 0. The van der Waals surface area contributed by atoms with Gasteiger partial charge in [0.2, 0.25) is 0 Å². The molecule has 0 saturated carbocycles. The molecule has 0 heterocycles. The minimum Gasteiger partial charge on any atom is -0.223 e. The highest BCUT2D eigenvalue weighted by atomic mass is 16.3. The molecule has 1 aromatic carbocycles. The van der Waals surface area contributed by atoms with Crippen LogP contribution in [0.3, 0.4) is 0 Å². The van der Waals surface area contributed by atoms with Gasteiger partial charge in [0.15, 0.2) is 0 Å². The third-order valence-corrected chi connectivity index (χ3v) is 1.34. The smallest absolute Gasteiger partial charge is 0.136 e. The second-order valence-corrected chi connectivity index (χ2v) is 2.07. The third kappa shape index (κ3) is 1.45. The van der Waals surface area contributed by atoms with Gasteiger partial charge in [-0.15, -0.1) is 6.58 Å². The Morgan fingerprint density at radius 3 is 2.40 bits per heavy atom. The fourth-order valence-corrected chi connectivity index (χ4v) is 0.779. The monoisotopic (exact) mass is 133 g/mol. The van der Waals surface area contributed by atoms with Crippen LogP contribution in [0.2, 0.25) is 0 Å². The SMILES string of the molecule is C=C[C@H]([O])c1ccccc1. The molecule has 0 saturated heterocycles. The van der Waals surface area contributed by atoms with Gasteiger partial charge in [-0.05, 0) is 5.56 Å². The Labute approximate surface area is 60.6 Å². The molecule has 1 radical (unpaired) electrons. The highest BCUT2D eigenvalue weighted by Crippen LogP contribution is 2.12. The highest BCUT2D eigenvalue weighted by Gasteiger charge is 2.00. The first-order valence-corrected chi connectivity index (χ1v) is 3.18. The maximum atomic E-state index is 11.0. The van der Waals surface area contributed by atoms with Gasteiger partial charge in [-0.3, -0.25) is 0 Å². The number of hydrogen-bond donors (Lipinski definition) is 0. The van der Waals surface area contributed by atoms with Gasteiger partial charge in [0.05, 0.1) is 0 Å². The standard InChI is InChI=1S/C9H9O/c1-2-9(10)8-6-4-3-5-7-8/h2-7,9H,1H2/t9-/m0/s1. The van der Waals surface area contributed by atoms with E-state index < -0.39 is 6.10 Å². The molecule has 1 atom stereocenters. The Kier molecular flexibility index (Phi) is 2.24. The quantitative estimate of drug-likeness (QED) is 0.552. The Balaban J connectivity index is 2.84. The van der Waals surface area contributed by atoms with Crippen LogP contribution in [0.15, 0.2) is 43.0 Å². The first kappa shape index (κ1) is 7.03. The summed E-state index contributed by atoms with van der Waals surface area (Å²) in [5.41, 5.74) is 0.775. The minimum atomic E-state index is -0.777. The molecule has 51 valence electrons. The Bertz CT molecular complexity index is 203. The van der Waals surface area contributed by atoms with Crippen LogP contribution in [-0.2, 0) is 5.11 Å². The van der Waals surface area contributed by atoms with E-state index in [9.17, 15) is 5.11 Å². The summed E-state index contributed by atoms with van der Waals surface area (Å²) in [6.45, 7) is 3.42. The van der Waals surface area contributed by atoms with Gasteiger partial charge in [0.25, 0.3) is 0 Å². The summed E-state index contributed by atoms with van der Waals surface area (Å²) in [5, 5.41) is 11.0. The molecule has 0 aliphatic carbocycles. The molecule has 0 bridgehead atoms. The van der Waals surface area contributed by atoms with Crippen molar-refractivity contribution in [2.45, 2.75) is 6.10 Å². The molecule has 1 nitrogen and oxygen atoms in total. The Hall–Kier alpha value is -1.08. The lowest BCUT2D eigenvalue weighted by molar-refractivity contribution is 0.132. The van der Waals surface area contributed by atoms with Crippen LogP contribution >= 0.6 is 0 Å². The van der Waals surface area contributed by atoms with E-state index in [0.29, 0.717) is 0 Å². The van der Waals surface area contributed by atoms with E-state index in [1.54, 1.807) is 12.1 Å². The highest BCUT2D eigenvalue weighted by molar-refractivity contribution is 5.19. The lowest BCUT2D eigenvalue weighted by Crippen LogP contribution is -1.88. The van der Waals surface area contributed by atoms with Gasteiger partial charge in [0, 0.05) is 0 Å². The predicted molar refractivity (Wildman–Crippen MR) is 40.1 cm³/mol. The van der Waals surface area contributed by atoms with Crippen LogP contribution in [0.5, 0.6) is 0 Å². The molecule has 1 rings (SSSR count). The van der Waals surface area contributed by atoms with Crippen LogP contribution < -0.4 is 0 Å². The van der Waals surface area contributed by atoms with E-state index in [1.807, 2.05) is 18.2 Å². The second-order valence-electron chi connectivity index (χ2n) is 2.07. The van der Waals surface area contributed by atoms with E-state index in [2.05, 4.69) is 6.58 Å². The lowest BCUT2D eigenvalue weighted by Gasteiger charge is -1.99. The summed E-state index contributed by atoms with van der Waals surface area (Å²) in [5.74, 6) is 0. The maximum absolute atomic E-state index is 11.0. The topological polar surface area (TPSA) is 19.9 Å². The van der Waals surface area contributed by atoms with Crippen LogP contribution in [0, 0.1) is 0 Å². The third-order valence-electron chi connectivity index (χ3n) is 1.34. The largest absolute Gasteiger partial charge is 0.223 e. The van der Waals surface area contributed by atoms with E-state index >= 15 is 0 Å². The number of rotatable bonds is 2. The van der Waals surface area contributed by atoms with Crippen molar-refractivity contribution < 1.29 is 5.11 Å². The molecular formula is C9H9O. The summed E-state index contributed by atoms with van der Waals surface area (Å²) in [6.07, 6.45) is 0.621. The summed E-state index contributed by atoms with van der Waals surface area (Å²) < 4.78 is 0. The fourth-order valence-electron chi connectivity index (χ4n) is 0.779. The van der Waals surface area contributed by atoms with Crippen molar-refractivity contribution in [3.63, 3.8) is 0 Å². The van der Waals surface area contributed by atoms with Crippen molar-refractivity contribution in [1.29, 1.82) is 0 Å². The molecule has 0 spiro atoms. The molecule has 1 heteroatoms. The molecular weight excluding hydrogens is 124 g/mol. The molecule has 0 fully saturated rings. The van der Waals surface area contributed by atoms with Crippen molar-refractivity contribution in [1.82, 2.24) is 0 Å². The fraction of sp³-hybridized carbons (Fsp3) is 0.111. The zero-order chi connectivity index (χ0) is 7.40. The predicted octanol–water partition coefficient (Wildman–Crippen LogP) is 2.34. The van der Waals surface area contributed by atoms with Gasteiger partial charge in [-0.25, -0.2) is 5.11 Å². The van der Waals surface area contributed by atoms with Gasteiger partial charge >= 0.3 is 0 Å². The van der Waals surface area contributed by atoms with E-state index in [1.165, 1.54) is 6.08 Å². The second kappa shape index (κ2) is 3.18. The molecule has 0 amide bonds. The maximum Gasteiger partial charge on any atom is 0.136 e. The van der Waals surface area contributed by atoms with Crippen LogP contribution in [0.4, 0.5) is 0 Å². The molecule has 0 aromatic heterocycles. The van der Waals surface area contributed by atoms with E-state index in [0.717, 1.165) is 5.56 Å².